The van der Waals surface area contributed by atoms with E-state index in [1.807, 2.05) is 43.0 Å². The molecule has 1 aliphatic rings. The first kappa shape index (κ1) is 23.1. The Morgan fingerprint density at radius 3 is 2.34 bits per heavy atom. The lowest BCUT2D eigenvalue weighted by molar-refractivity contribution is -0.384. The second kappa shape index (κ2) is 10.1. The third-order valence-corrected chi connectivity index (χ3v) is 5.54. The first-order valence-electron chi connectivity index (χ1n) is 10.6. The van der Waals surface area contributed by atoms with Crippen LogP contribution >= 0.6 is 0 Å². The Labute approximate surface area is 187 Å². The van der Waals surface area contributed by atoms with Gasteiger partial charge in [0.2, 0.25) is 5.91 Å². The molecule has 2 amide bonds. The molecule has 3 rings (SSSR count). The van der Waals surface area contributed by atoms with Gasteiger partial charge in [-0.3, -0.25) is 19.7 Å². The van der Waals surface area contributed by atoms with Crippen molar-refractivity contribution in [2.24, 2.45) is 0 Å². The zero-order valence-corrected chi connectivity index (χ0v) is 18.5. The molecule has 9 heteroatoms. The van der Waals surface area contributed by atoms with Crippen LogP contribution in [0.5, 0.6) is 5.75 Å². The lowest BCUT2D eigenvalue weighted by Crippen LogP contribution is -2.48. The molecule has 1 atom stereocenters. The number of ether oxygens (including phenoxy) is 1. The second-order valence-corrected chi connectivity index (χ2v) is 7.65. The molecule has 0 spiro atoms. The summed E-state index contributed by atoms with van der Waals surface area (Å²) >= 11 is 0. The molecule has 1 heterocycles. The average Bonchev–Trinajstić information content (AvgIpc) is 2.79. The molecular formula is C23H28N4O5. The molecule has 1 unspecified atom stereocenters. The van der Waals surface area contributed by atoms with Gasteiger partial charge in [0.15, 0.2) is 0 Å². The lowest BCUT2D eigenvalue weighted by atomic mass is 10.1. The van der Waals surface area contributed by atoms with Crippen LogP contribution in [-0.4, -0.2) is 54.4 Å². The Balaban J connectivity index is 1.72. The third-order valence-electron chi connectivity index (χ3n) is 5.54. The van der Waals surface area contributed by atoms with Crippen LogP contribution < -0.4 is 15.0 Å². The van der Waals surface area contributed by atoms with Crippen molar-refractivity contribution in [1.82, 2.24) is 10.2 Å². The van der Waals surface area contributed by atoms with E-state index in [0.29, 0.717) is 38.5 Å². The van der Waals surface area contributed by atoms with Gasteiger partial charge in [-0.05, 0) is 43.7 Å². The molecule has 0 aliphatic carbocycles. The number of nitrogens with one attached hydrogen (secondary N) is 1. The van der Waals surface area contributed by atoms with Gasteiger partial charge < -0.3 is 19.9 Å². The molecule has 1 saturated heterocycles. The minimum atomic E-state index is -0.473. The van der Waals surface area contributed by atoms with Gasteiger partial charge in [-0.25, -0.2) is 0 Å². The Bertz CT molecular complexity index is 984. The van der Waals surface area contributed by atoms with Crippen LogP contribution in [0.25, 0.3) is 0 Å². The van der Waals surface area contributed by atoms with Crippen LogP contribution in [0.2, 0.25) is 0 Å². The maximum atomic E-state index is 12.8. The highest BCUT2D eigenvalue weighted by molar-refractivity contribution is 5.96. The van der Waals surface area contributed by atoms with Gasteiger partial charge in [0.25, 0.3) is 11.6 Å². The minimum Gasteiger partial charge on any atom is -0.494 e. The van der Waals surface area contributed by atoms with Crippen LogP contribution in [0.1, 0.15) is 42.7 Å². The van der Waals surface area contributed by atoms with Gasteiger partial charge in [-0.1, -0.05) is 12.1 Å². The van der Waals surface area contributed by atoms with Crippen molar-refractivity contribution in [3.63, 3.8) is 0 Å². The van der Waals surface area contributed by atoms with Crippen LogP contribution in [0.3, 0.4) is 0 Å². The van der Waals surface area contributed by atoms with E-state index in [1.54, 1.807) is 17.0 Å². The summed E-state index contributed by atoms with van der Waals surface area (Å²) in [5, 5.41) is 14.6. The highest BCUT2D eigenvalue weighted by Gasteiger charge is 2.26. The number of anilines is 1. The highest BCUT2D eigenvalue weighted by atomic mass is 16.6. The predicted molar refractivity (Wildman–Crippen MR) is 121 cm³/mol. The van der Waals surface area contributed by atoms with Gasteiger partial charge in [0.1, 0.15) is 11.4 Å². The largest absolute Gasteiger partial charge is 0.494 e. The van der Waals surface area contributed by atoms with E-state index in [1.165, 1.54) is 13.0 Å². The molecule has 170 valence electrons. The Kier molecular flexibility index (Phi) is 7.29. The molecule has 1 aliphatic heterocycles. The quantitative estimate of drug-likeness (QED) is 0.524. The van der Waals surface area contributed by atoms with Crippen molar-refractivity contribution in [3.8, 4) is 5.75 Å². The molecular weight excluding hydrogens is 412 g/mol. The Hall–Kier alpha value is -3.62. The SMILES string of the molecule is CCOc1ccc(C(C)NC(=O)c2ccc(N3CCN(C(C)=O)CC3)c([N+](=O)[O-])c2)cc1. The summed E-state index contributed by atoms with van der Waals surface area (Å²) in [5.41, 5.74) is 1.45. The number of carbonyl (C=O) groups is 2. The van der Waals surface area contributed by atoms with E-state index in [2.05, 4.69) is 5.32 Å². The standard InChI is InChI=1S/C23H28N4O5/c1-4-32-20-8-5-18(6-9-20)16(2)24-23(29)19-7-10-21(22(15-19)27(30)31)26-13-11-25(12-14-26)17(3)28/h5-10,15-16H,4,11-14H2,1-3H3,(H,24,29). The van der Waals surface area contributed by atoms with Crippen molar-refractivity contribution < 1.29 is 19.2 Å². The zero-order valence-electron chi connectivity index (χ0n) is 18.5. The van der Waals surface area contributed by atoms with Gasteiger partial charge in [0, 0.05) is 44.7 Å². The van der Waals surface area contributed by atoms with Gasteiger partial charge in [0.05, 0.1) is 17.6 Å². The molecule has 0 radical (unpaired) electrons. The number of hydrogen-bond donors (Lipinski definition) is 1. The number of nitrogens with zero attached hydrogens (tertiary/aromatic N) is 3. The fourth-order valence-corrected chi connectivity index (χ4v) is 3.72. The number of amides is 2. The van der Waals surface area contributed by atoms with Crippen LogP contribution in [0, 0.1) is 10.1 Å². The summed E-state index contributed by atoms with van der Waals surface area (Å²) in [6.45, 7) is 7.87. The molecule has 0 saturated carbocycles. The topological polar surface area (TPSA) is 105 Å². The minimum absolute atomic E-state index is 0.00665. The summed E-state index contributed by atoms with van der Waals surface area (Å²) < 4.78 is 5.43. The lowest BCUT2D eigenvalue weighted by Gasteiger charge is -2.35. The first-order chi connectivity index (χ1) is 15.3. The number of hydrogen-bond acceptors (Lipinski definition) is 6. The number of carbonyl (C=O) groups excluding carboxylic acids is 2. The van der Waals surface area contributed by atoms with Crippen molar-refractivity contribution in [2.45, 2.75) is 26.8 Å². The smallest absolute Gasteiger partial charge is 0.293 e. The molecule has 1 fully saturated rings. The average molecular weight is 441 g/mol. The summed E-state index contributed by atoms with van der Waals surface area (Å²) in [4.78, 5) is 39.1. The fourth-order valence-electron chi connectivity index (χ4n) is 3.72. The highest BCUT2D eigenvalue weighted by Crippen LogP contribution is 2.30. The molecule has 2 aromatic carbocycles. The van der Waals surface area contributed by atoms with E-state index >= 15 is 0 Å². The Morgan fingerprint density at radius 1 is 1.12 bits per heavy atom. The van der Waals surface area contributed by atoms with Gasteiger partial charge >= 0.3 is 0 Å². The monoisotopic (exact) mass is 440 g/mol. The summed E-state index contributed by atoms with van der Waals surface area (Å²) in [6, 6.07) is 11.7. The Morgan fingerprint density at radius 2 is 1.78 bits per heavy atom. The number of piperazine rings is 1. The van der Waals surface area contributed by atoms with Crippen molar-refractivity contribution >= 4 is 23.2 Å². The van der Waals surface area contributed by atoms with E-state index in [4.69, 9.17) is 4.74 Å². The molecule has 1 N–H and O–H groups in total. The second-order valence-electron chi connectivity index (χ2n) is 7.65. The fraction of sp³-hybridized carbons (Fsp3) is 0.391. The number of rotatable bonds is 7. The van der Waals surface area contributed by atoms with Crippen molar-refractivity contribution in [1.29, 1.82) is 0 Å². The third kappa shape index (κ3) is 5.35. The van der Waals surface area contributed by atoms with Gasteiger partial charge in [-0.15, -0.1) is 0 Å². The first-order valence-corrected chi connectivity index (χ1v) is 10.6. The summed E-state index contributed by atoms with van der Waals surface area (Å²) in [7, 11) is 0. The number of benzene rings is 2. The van der Waals surface area contributed by atoms with Crippen LogP contribution in [0.15, 0.2) is 42.5 Å². The zero-order chi connectivity index (χ0) is 23.3. The number of nitro benzene ring substituents is 1. The van der Waals surface area contributed by atoms with E-state index < -0.39 is 4.92 Å². The predicted octanol–water partition coefficient (Wildman–Crippen LogP) is 3.15. The molecule has 9 nitrogen and oxygen atoms in total. The molecule has 2 aromatic rings. The maximum Gasteiger partial charge on any atom is 0.293 e. The molecule has 0 aromatic heterocycles. The van der Waals surface area contributed by atoms with Crippen LogP contribution in [-0.2, 0) is 4.79 Å². The maximum absolute atomic E-state index is 12.8. The van der Waals surface area contributed by atoms with E-state index in [-0.39, 0.29) is 29.1 Å². The normalized spacial score (nSPS) is 14.6. The molecule has 0 bridgehead atoms. The molecule has 32 heavy (non-hydrogen) atoms. The van der Waals surface area contributed by atoms with E-state index in [0.717, 1.165) is 11.3 Å². The van der Waals surface area contributed by atoms with Gasteiger partial charge in [-0.2, -0.15) is 0 Å². The number of nitro groups is 1. The van der Waals surface area contributed by atoms with E-state index in [9.17, 15) is 19.7 Å². The summed E-state index contributed by atoms with van der Waals surface area (Å²) in [6.07, 6.45) is 0. The van der Waals surface area contributed by atoms with Crippen molar-refractivity contribution in [3.05, 3.63) is 63.7 Å². The summed E-state index contributed by atoms with van der Waals surface area (Å²) in [5.74, 6) is 0.361. The van der Waals surface area contributed by atoms with Crippen molar-refractivity contribution in [2.75, 3.05) is 37.7 Å². The van der Waals surface area contributed by atoms with Crippen LogP contribution in [0.4, 0.5) is 11.4 Å².